The zero-order valence-electron chi connectivity index (χ0n) is 15.9. The van der Waals surface area contributed by atoms with E-state index in [1.807, 2.05) is 26.0 Å². The summed E-state index contributed by atoms with van der Waals surface area (Å²) in [5, 5.41) is 8.34. The van der Waals surface area contributed by atoms with Crippen LogP contribution in [0.4, 0.5) is 0 Å². The minimum Gasteiger partial charge on any atom is -0.399 e. The highest BCUT2D eigenvalue weighted by molar-refractivity contribution is 6.00. The van der Waals surface area contributed by atoms with Crippen LogP contribution in [0.3, 0.4) is 0 Å². The number of hydrogen-bond acceptors (Lipinski definition) is 4. The second-order valence-electron chi connectivity index (χ2n) is 6.29. The van der Waals surface area contributed by atoms with Gasteiger partial charge in [-0.2, -0.15) is 0 Å². The lowest BCUT2D eigenvalue weighted by Gasteiger charge is -2.11. The van der Waals surface area contributed by atoms with E-state index in [1.165, 1.54) is 11.1 Å². The highest BCUT2D eigenvalue weighted by Gasteiger charge is 2.10. The zero-order chi connectivity index (χ0) is 18.4. The van der Waals surface area contributed by atoms with Crippen LogP contribution in [-0.2, 0) is 16.3 Å². The molecular formula is C21H26N2O2. The van der Waals surface area contributed by atoms with Crippen LogP contribution in [0.5, 0.6) is 0 Å². The monoisotopic (exact) mass is 338 g/mol. The second kappa shape index (κ2) is 8.47. The molecule has 4 nitrogen and oxygen atoms in total. The van der Waals surface area contributed by atoms with Crippen LogP contribution in [0, 0.1) is 20.8 Å². The van der Waals surface area contributed by atoms with E-state index < -0.39 is 0 Å². The van der Waals surface area contributed by atoms with Crippen LogP contribution in [0.25, 0.3) is 0 Å². The molecule has 2 aromatic carbocycles. The molecule has 2 aromatic rings. The average Bonchev–Trinajstić information content (AvgIpc) is 2.55. The van der Waals surface area contributed by atoms with E-state index in [4.69, 9.17) is 9.68 Å². The van der Waals surface area contributed by atoms with Gasteiger partial charge in [-0.25, -0.2) is 0 Å². The minimum absolute atomic E-state index is 0.390. The van der Waals surface area contributed by atoms with Crippen molar-refractivity contribution in [3.63, 3.8) is 0 Å². The number of aryl methyl sites for hydroxylation is 3. The lowest BCUT2D eigenvalue weighted by molar-refractivity contribution is 0.130. The lowest BCUT2D eigenvalue weighted by atomic mass is 10.00. The van der Waals surface area contributed by atoms with Gasteiger partial charge in [0.1, 0.15) is 13.7 Å². The van der Waals surface area contributed by atoms with Crippen molar-refractivity contribution < 1.29 is 9.68 Å². The molecule has 0 spiro atoms. The molecule has 0 aliphatic heterocycles. The lowest BCUT2D eigenvalue weighted by Crippen LogP contribution is -2.05. The molecule has 0 atom stereocenters. The molecule has 4 heteroatoms. The molecule has 0 bridgehead atoms. The summed E-state index contributed by atoms with van der Waals surface area (Å²) in [6.07, 6.45) is 0. The van der Waals surface area contributed by atoms with Gasteiger partial charge in [-0.05, 0) is 45.7 Å². The molecule has 0 saturated heterocycles. The van der Waals surface area contributed by atoms with Crippen molar-refractivity contribution >= 4 is 11.4 Å². The summed E-state index contributed by atoms with van der Waals surface area (Å²) in [6.45, 7) is 10.5. The van der Waals surface area contributed by atoms with Gasteiger partial charge < -0.3 is 9.68 Å². The first kappa shape index (κ1) is 18.7. The van der Waals surface area contributed by atoms with Gasteiger partial charge in [0.2, 0.25) is 0 Å². The molecular weight excluding hydrogens is 312 g/mol. The maximum absolute atomic E-state index is 5.66. The first-order chi connectivity index (χ1) is 11.9. The molecule has 0 aliphatic rings. The average molecular weight is 338 g/mol. The highest BCUT2D eigenvalue weighted by atomic mass is 16.6. The van der Waals surface area contributed by atoms with Crippen LogP contribution in [0.2, 0.25) is 0 Å². The van der Waals surface area contributed by atoms with Crippen LogP contribution < -0.4 is 0 Å². The van der Waals surface area contributed by atoms with Gasteiger partial charge in [-0.1, -0.05) is 57.8 Å². The van der Waals surface area contributed by atoms with Crippen molar-refractivity contribution in [3.8, 4) is 0 Å². The van der Waals surface area contributed by atoms with Crippen molar-refractivity contribution in [2.45, 2.75) is 41.2 Å². The molecule has 0 fully saturated rings. The molecule has 0 saturated carbocycles. The largest absolute Gasteiger partial charge is 0.399 e. The Bertz CT molecular complexity index is 787. The van der Waals surface area contributed by atoms with E-state index in [-0.39, 0.29) is 0 Å². The fourth-order valence-electron chi connectivity index (χ4n) is 2.85. The number of rotatable bonds is 6. The molecule has 0 aromatic heterocycles. The van der Waals surface area contributed by atoms with E-state index in [0.717, 1.165) is 33.7 Å². The summed E-state index contributed by atoms with van der Waals surface area (Å²) in [5.41, 5.74) is 8.43. The summed E-state index contributed by atoms with van der Waals surface area (Å²) < 4.78 is 0. The summed E-state index contributed by atoms with van der Waals surface area (Å²) in [5.74, 6) is 0. The highest BCUT2D eigenvalue weighted by Crippen LogP contribution is 2.17. The van der Waals surface area contributed by atoms with Gasteiger partial charge in [0.15, 0.2) is 0 Å². The number of benzene rings is 2. The Morgan fingerprint density at radius 2 is 1.60 bits per heavy atom. The van der Waals surface area contributed by atoms with Crippen molar-refractivity contribution in [2.75, 3.05) is 7.11 Å². The van der Waals surface area contributed by atoms with E-state index in [1.54, 1.807) is 7.11 Å². The Balaban J connectivity index is 2.20. The Morgan fingerprint density at radius 1 is 0.920 bits per heavy atom. The van der Waals surface area contributed by atoms with Gasteiger partial charge in [0.05, 0.1) is 11.4 Å². The van der Waals surface area contributed by atoms with Gasteiger partial charge >= 0.3 is 0 Å². The molecule has 25 heavy (non-hydrogen) atoms. The second-order valence-corrected chi connectivity index (χ2v) is 6.29. The van der Waals surface area contributed by atoms with Crippen LogP contribution in [0.15, 0.2) is 46.7 Å². The number of hydrogen-bond donors (Lipinski definition) is 0. The third kappa shape index (κ3) is 4.92. The Labute approximate surface area is 150 Å². The normalized spacial score (nSPS) is 12.2. The maximum atomic E-state index is 5.66. The summed E-state index contributed by atoms with van der Waals surface area (Å²) in [4.78, 5) is 10.6. The van der Waals surface area contributed by atoms with E-state index >= 15 is 0 Å². The predicted octanol–water partition coefficient (Wildman–Crippen LogP) is 4.92. The number of nitrogens with zero attached hydrogens (tertiary/aromatic N) is 2. The minimum atomic E-state index is 0.390. The van der Waals surface area contributed by atoms with Crippen molar-refractivity contribution in [3.05, 3.63) is 69.8 Å². The molecule has 0 aliphatic carbocycles. The van der Waals surface area contributed by atoms with Crippen molar-refractivity contribution in [1.82, 2.24) is 0 Å². The quantitative estimate of drug-likeness (QED) is 0.554. The summed E-state index contributed by atoms with van der Waals surface area (Å²) >= 11 is 0. The van der Waals surface area contributed by atoms with E-state index in [2.05, 4.69) is 55.3 Å². The number of oxime groups is 2. The third-order valence-electron chi connectivity index (χ3n) is 4.08. The fraction of sp³-hybridized carbons (Fsp3) is 0.333. The molecule has 132 valence electrons. The van der Waals surface area contributed by atoms with E-state index in [0.29, 0.717) is 6.61 Å². The third-order valence-corrected chi connectivity index (χ3v) is 4.08. The zero-order valence-corrected chi connectivity index (χ0v) is 15.9. The standard InChI is InChI=1S/C21H26N2O2/c1-14-10-15(2)12-19(11-14)17(4)23-25-13-21-16(3)8-7-9-20(21)18(5)22-24-6/h7-12H,13H2,1-6H3/b22-18-,23-17+. The van der Waals surface area contributed by atoms with Crippen molar-refractivity contribution in [2.24, 2.45) is 10.3 Å². The van der Waals surface area contributed by atoms with Crippen molar-refractivity contribution in [1.29, 1.82) is 0 Å². The van der Waals surface area contributed by atoms with Crippen LogP contribution in [0.1, 0.15) is 47.2 Å². The molecule has 2 rings (SSSR count). The fourth-order valence-corrected chi connectivity index (χ4v) is 2.85. The summed E-state index contributed by atoms with van der Waals surface area (Å²) in [6, 6.07) is 12.5. The van der Waals surface area contributed by atoms with Gasteiger partial charge in [-0.3, -0.25) is 0 Å². The van der Waals surface area contributed by atoms with Crippen LogP contribution >= 0.6 is 0 Å². The Morgan fingerprint density at radius 3 is 2.24 bits per heavy atom. The molecule has 0 unspecified atom stereocenters. The maximum Gasteiger partial charge on any atom is 0.143 e. The summed E-state index contributed by atoms with van der Waals surface area (Å²) in [7, 11) is 1.55. The SMILES string of the molecule is CO/N=C(/C)c1cccc(C)c1CO/N=C(\C)c1cc(C)cc(C)c1. The molecule has 0 N–H and O–H groups in total. The van der Waals surface area contributed by atoms with Gasteiger partial charge in [0, 0.05) is 11.1 Å². The smallest absolute Gasteiger partial charge is 0.143 e. The van der Waals surface area contributed by atoms with Gasteiger partial charge in [0.25, 0.3) is 0 Å². The first-order valence-corrected chi connectivity index (χ1v) is 8.34. The Hall–Kier alpha value is -2.62. The molecule has 0 heterocycles. The molecule has 0 radical (unpaired) electrons. The molecule has 0 amide bonds. The topological polar surface area (TPSA) is 43.2 Å². The van der Waals surface area contributed by atoms with Crippen LogP contribution in [-0.4, -0.2) is 18.5 Å². The Kier molecular flexibility index (Phi) is 6.34. The van der Waals surface area contributed by atoms with Gasteiger partial charge in [-0.15, -0.1) is 0 Å². The van der Waals surface area contributed by atoms with E-state index in [9.17, 15) is 0 Å². The first-order valence-electron chi connectivity index (χ1n) is 8.34. The predicted molar refractivity (Wildman–Crippen MR) is 103 cm³/mol.